The number of primary sulfonamides is 1. The van der Waals surface area contributed by atoms with Crippen LogP contribution in [0.2, 0.25) is 0 Å². The van der Waals surface area contributed by atoms with Gasteiger partial charge in [-0.25, -0.2) is 13.6 Å². The van der Waals surface area contributed by atoms with Gasteiger partial charge in [-0.2, -0.15) is 0 Å². The highest BCUT2D eigenvalue weighted by molar-refractivity contribution is 7.89. The summed E-state index contributed by atoms with van der Waals surface area (Å²) in [6.45, 7) is 4.67. The summed E-state index contributed by atoms with van der Waals surface area (Å²) in [5, 5.41) is 4.92. The highest BCUT2D eigenvalue weighted by Crippen LogP contribution is 2.16. The molecule has 4 nitrogen and oxygen atoms in total. The first-order chi connectivity index (χ1) is 8.37. The fourth-order valence-corrected chi connectivity index (χ4v) is 2.39. The molecule has 0 bridgehead atoms. The summed E-state index contributed by atoms with van der Waals surface area (Å²) in [7, 11) is -3.32. The summed E-state index contributed by atoms with van der Waals surface area (Å²) < 4.78 is 27.0. The lowest BCUT2D eigenvalue weighted by Gasteiger charge is -2.08. The predicted octanol–water partition coefficient (Wildman–Crippen LogP) is 2.14. The summed E-state index contributed by atoms with van der Waals surface area (Å²) >= 11 is 0. The number of hydrogen-bond donors (Lipinski definition) is 1. The molecular weight excluding hydrogens is 250 g/mol. The zero-order valence-electron chi connectivity index (χ0n) is 11.0. The van der Waals surface area contributed by atoms with Crippen LogP contribution in [0.15, 0.2) is 18.2 Å². The first-order valence-electron chi connectivity index (χ1n) is 6.08. The molecule has 5 heteroatoms. The molecule has 0 aliphatic carbocycles. The van der Waals surface area contributed by atoms with Crippen LogP contribution in [0.3, 0.4) is 0 Å². The Morgan fingerprint density at radius 3 is 2.22 bits per heavy atom. The Labute approximate surface area is 109 Å². The average molecular weight is 271 g/mol. The van der Waals surface area contributed by atoms with E-state index in [1.807, 2.05) is 26.0 Å². The standard InChI is InChI=1S/C13H21NO3S/c1-11-8-12(2)10-13(9-11)17-6-4-3-5-7-18(14,15)16/h8-10H,3-7H2,1-2H3,(H2,14,15,16). The van der Waals surface area contributed by atoms with Gasteiger partial charge in [-0.05, 0) is 56.4 Å². The SMILES string of the molecule is Cc1cc(C)cc(OCCCCCS(N)(=O)=O)c1. The highest BCUT2D eigenvalue weighted by atomic mass is 32.2. The molecule has 0 spiro atoms. The molecule has 0 amide bonds. The van der Waals surface area contributed by atoms with E-state index in [0.717, 1.165) is 18.6 Å². The van der Waals surface area contributed by atoms with Gasteiger partial charge in [-0.3, -0.25) is 0 Å². The molecule has 0 aliphatic rings. The molecule has 0 aromatic heterocycles. The summed E-state index contributed by atoms with van der Waals surface area (Å²) in [6, 6.07) is 6.09. The van der Waals surface area contributed by atoms with Gasteiger partial charge in [-0.1, -0.05) is 6.07 Å². The minimum absolute atomic E-state index is 0.0521. The second-order valence-corrected chi connectivity index (χ2v) is 6.33. The number of hydrogen-bond acceptors (Lipinski definition) is 3. The normalized spacial score (nSPS) is 11.5. The number of nitrogens with two attached hydrogens (primary N) is 1. The van der Waals surface area contributed by atoms with E-state index < -0.39 is 10.0 Å². The molecule has 0 radical (unpaired) electrons. The highest BCUT2D eigenvalue weighted by Gasteiger charge is 2.02. The van der Waals surface area contributed by atoms with Crippen LogP contribution in [-0.2, 0) is 10.0 Å². The molecule has 0 saturated carbocycles. The number of unbranched alkanes of at least 4 members (excludes halogenated alkanes) is 2. The number of ether oxygens (including phenoxy) is 1. The van der Waals surface area contributed by atoms with Gasteiger partial charge in [0.05, 0.1) is 12.4 Å². The summed E-state index contributed by atoms with van der Waals surface area (Å²) in [5.41, 5.74) is 2.36. The molecule has 1 aromatic rings. The molecular formula is C13H21NO3S. The Morgan fingerprint density at radius 1 is 1.06 bits per heavy atom. The third kappa shape index (κ3) is 6.61. The van der Waals surface area contributed by atoms with Gasteiger partial charge in [0.25, 0.3) is 0 Å². The van der Waals surface area contributed by atoms with Gasteiger partial charge in [0.1, 0.15) is 5.75 Å². The Balaban J connectivity index is 2.22. The first kappa shape index (κ1) is 15.0. The molecule has 0 fully saturated rings. The van der Waals surface area contributed by atoms with Crippen molar-refractivity contribution in [1.82, 2.24) is 0 Å². The third-order valence-corrected chi connectivity index (χ3v) is 3.39. The fourth-order valence-electron chi connectivity index (χ4n) is 1.79. The maximum atomic E-state index is 10.7. The van der Waals surface area contributed by atoms with Crippen LogP contribution in [0, 0.1) is 13.8 Å². The molecule has 0 aliphatic heterocycles. The molecule has 0 saturated heterocycles. The molecule has 102 valence electrons. The van der Waals surface area contributed by atoms with Gasteiger partial charge >= 0.3 is 0 Å². The maximum Gasteiger partial charge on any atom is 0.209 e. The fraction of sp³-hybridized carbons (Fsp3) is 0.538. The number of sulfonamides is 1. The van der Waals surface area contributed by atoms with E-state index in [1.165, 1.54) is 11.1 Å². The van der Waals surface area contributed by atoms with Crippen LogP contribution in [-0.4, -0.2) is 20.8 Å². The minimum atomic E-state index is -3.32. The van der Waals surface area contributed by atoms with Crippen LogP contribution in [0.1, 0.15) is 30.4 Å². The van der Waals surface area contributed by atoms with Crippen LogP contribution in [0.25, 0.3) is 0 Å². The molecule has 1 aromatic carbocycles. The number of aryl methyl sites for hydroxylation is 2. The summed E-state index contributed by atoms with van der Waals surface area (Å²) in [4.78, 5) is 0. The van der Waals surface area contributed by atoms with Gasteiger partial charge in [0.15, 0.2) is 0 Å². The lowest BCUT2D eigenvalue weighted by Crippen LogP contribution is -2.16. The Bertz CT molecular complexity index is 463. The molecule has 0 unspecified atom stereocenters. The van der Waals surface area contributed by atoms with E-state index in [4.69, 9.17) is 9.88 Å². The Morgan fingerprint density at radius 2 is 1.67 bits per heavy atom. The van der Waals surface area contributed by atoms with Gasteiger partial charge in [0.2, 0.25) is 10.0 Å². The zero-order chi connectivity index (χ0) is 13.6. The second kappa shape index (κ2) is 6.75. The second-order valence-electron chi connectivity index (χ2n) is 4.60. The lowest BCUT2D eigenvalue weighted by molar-refractivity contribution is 0.306. The quantitative estimate of drug-likeness (QED) is 0.772. The summed E-state index contributed by atoms with van der Waals surface area (Å²) in [6.07, 6.45) is 2.23. The zero-order valence-corrected chi connectivity index (χ0v) is 11.8. The lowest BCUT2D eigenvalue weighted by atomic mass is 10.1. The molecule has 18 heavy (non-hydrogen) atoms. The molecule has 0 heterocycles. The monoisotopic (exact) mass is 271 g/mol. The van der Waals surface area contributed by atoms with Crippen molar-refractivity contribution in [3.8, 4) is 5.75 Å². The topological polar surface area (TPSA) is 69.4 Å². The molecule has 2 N–H and O–H groups in total. The largest absolute Gasteiger partial charge is 0.494 e. The van der Waals surface area contributed by atoms with Gasteiger partial charge in [-0.15, -0.1) is 0 Å². The molecule has 0 atom stereocenters. The van der Waals surface area contributed by atoms with Gasteiger partial charge in [0, 0.05) is 0 Å². The number of rotatable bonds is 7. The van der Waals surface area contributed by atoms with Crippen molar-refractivity contribution >= 4 is 10.0 Å². The maximum absolute atomic E-state index is 10.7. The van der Waals surface area contributed by atoms with Crippen molar-refractivity contribution in [1.29, 1.82) is 0 Å². The van der Waals surface area contributed by atoms with Crippen molar-refractivity contribution in [2.24, 2.45) is 5.14 Å². The molecule has 1 rings (SSSR count). The van der Waals surface area contributed by atoms with Crippen LogP contribution in [0.5, 0.6) is 5.75 Å². The minimum Gasteiger partial charge on any atom is -0.494 e. The van der Waals surface area contributed by atoms with Gasteiger partial charge < -0.3 is 4.74 Å². The summed E-state index contributed by atoms with van der Waals surface area (Å²) in [5.74, 6) is 0.926. The van der Waals surface area contributed by atoms with E-state index >= 15 is 0 Å². The third-order valence-electron chi connectivity index (χ3n) is 2.54. The van der Waals surface area contributed by atoms with Crippen LogP contribution < -0.4 is 9.88 Å². The van der Waals surface area contributed by atoms with Crippen molar-refractivity contribution < 1.29 is 13.2 Å². The van der Waals surface area contributed by atoms with Crippen LogP contribution >= 0.6 is 0 Å². The number of benzene rings is 1. The Kier molecular flexibility index (Phi) is 5.62. The van der Waals surface area contributed by atoms with E-state index in [9.17, 15) is 8.42 Å². The Hall–Kier alpha value is -1.07. The van der Waals surface area contributed by atoms with Crippen LogP contribution in [0.4, 0.5) is 0 Å². The van der Waals surface area contributed by atoms with Crippen molar-refractivity contribution in [2.45, 2.75) is 33.1 Å². The van der Waals surface area contributed by atoms with E-state index in [2.05, 4.69) is 6.07 Å². The van der Waals surface area contributed by atoms with Crippen molar-refractivity contribution in [2.75, 3.05) is 12.4 Å². The van der Waals surface area contributed by atoms with E-state index in [-0.39, 0.29) is 5.75 Å². The van der Waals surface area contributed by atoms with Crippen molar-refractivity contribution in [3.05, 3.63) is 29.3 Å². The smallest absolute Gasteiger partial charge is 0.209 e. The predicted molar refractivity (Wildman–Crippen MR) is 73.2 cm³/mol. The van der Waals surface area contributed by atoms with E-state index in [0.29, 0.717) is 13.0 Å². The van der Waals surface area contributed by atoms with E-state index in [1.54, 1.807) is 0 Å². The average Bonchev–Trinajstić information content (AvgIpc) is 2.20. The first-order valence-corrected chi connectivity index (χ1v) is 7.80. The van der Waals surface area contributed by atoms with Crippen molar-refractivity contribution in [3.63, 3.8) is 0 Å².